The van der Waals surface area contributed by atoms with Gasteiger partial charge in [0.05, 0.1) is 5.56 Å². The number of aromatic nitrogens is 1. The van der Waals surface area contributed by atoms with Crippen molar-refractivity contribution in [3.8, 4) is 6.07 Å². The molecule has 0 radical (unpaired) electrons. The normalized spacial score (nSPS) is 10.1. The topological polar surface area (TPSA) is 60.7 Å². The third-order valence-electron chi connectivity index (χ3n) is 3.00. The Bertz CT molecular complexity index is 607. The van der Waals surface area contributed by atoms with Gasteiger partial charge >= 0.3 is 0 Å². The Morgan fingerprint density at radius 3 is 2.86 bits per heavy atom. The molecule has 0 spiro atoms. The zero-order valence-electron chi connectivity index (χ0n) is 11.6. The molecule has 1 heterocycles. The van der Waals surface area contributed by atoms with Gasteiger partial charge in [-0.3, -0.25) is 4.98 Å². The van der Waals surface area contributed by atoms with Crippen LogP contribution in [0.3, 0.4) is 0 Å². The summed E-state index contributed by atoms with van der Waals surface area (Å²) in [5, 5.41) is 15.6. The number of nitriles is 1. The second kappa shape index (κ2) is 8.40. The molecule has 0 aliphatic heterocycles. The summed E-state index contributed by atoms with van der Waals surface area (Å²) in [7, 11) is 0. The lowest BCUT2D eigenvalue weighted by molar-refractivity contribution is 0.662. The number of anilines is 1. The van der Waals surface area contributed by atoms with E-state index in [2.05, 4.69) is 43.7 Å². The van der Waals surface area contributed by atoms with E-state index in [0.29, 0.717) is 5.56 Å². The molecule has 0 amide bonds. The Balaban J connectivity index is 1.64. The highest BCUT2D eigenvalue weighted by atomic mass is 79.9. The fraction of sp³-hybridized carbons (Fsp3) is 0.250. The molecule has 2 aromatic rings. The SMILES string of the molecule is N#Cc1ccc(NCCCNCc2cccnc2)cc1Br. The third-order valence-corrected chi connectivity index (χ3v) is 3.66. The summed E-state index contributed by atoms with van der Waals surface area (Å²) in [5.74, 6) is 0. The van der Waals surface area contributed by atoms with Gasteiger partial charge in [0, 0.05) is 35.6 Å². The molecule has 4 nitrogen and oxygen atoms in total. The van der Waals surface area contributed by atoms with E-state index in [0.717, 1.165) is 36.2 Å². The fourth-order valence-corrected chi connectivity index (χ4v) is 2.36. The van der Waals surface area contributed by atoms with Crippen molar-refractivity contribution >= 4 is 21.6 Å². The van der Waals surface area contributed by atoms with E-state index in [1.807, 2.05) is 30.5 Å². The molecular formula is C16H17BrN4. The minimum atomic E-state index is 0.652. The maximum Gasteiger partial charge on any atom is 0.100 e. The van der Waals surface area contributed by atoms with Crippen molar-refractivity contribution in [2.75, 3.05) is 18.4 Å². The average Bonchev–Trinajstić information content (AvgIpc) is 2.52. The van der Waals surface area contributed by atoms with Crippen LogP contribution in [0.25, 0.3) is 0 Å². The molecule has 108 valence electrons. The molecule has 1 aromatic heterocycles. The molecule has 0 bridgehead atoms. The van der Waals surface area contributed by atoms with Crippen molar-refractivity contribution < 1.29 is 0 Å². The summed E-state index contributed by atoms with van der Waals surface area (Å²) in [6.45, 7) is 2.67. The molecule has 2 rings (SSSR count). The molecule has 0 saturated carbocycles. The van der Waals surface area contributed by atoms with Crippen LogP contribution >= 0.6 is 15.9 Å². The average molecular weight is 345 g/mol. The van der Waals surface area contributed by atoms with Crippen LogP contribution in [0, 0.1) is 11.3 Å². The van der Waals surface area contributed by atoms with E-state index in [-0.39, 0.29) is 0 Å². The summed E-state index contributed by atoms with van der Waals surface area (Å²) in [6.07, 6.45) is 4.68. The van der Waals surface area contributed by atoms with E-state index in [9.17, 15) is 0 Å². The molecule has 5 heteroatoms. The van der Waals surface area contributed by atoms with Crippen LogP contribution < -0.4 is 10.6 Å². The maximum atomic E-state index is 8.86. The Labute approximate surface area is 133 Å². The summed E-state index contributed by atoms with van der Waals surface area (Å²) in [4.78, 5) is 4.08. The lowest BCUT2D eigenvalue weighted by atomic mass is 10.2. The largest absolute Gasteiger partial charge is 0.385 e. The van der Waals surface area contributed by atoms with Crippen LogP contribution in [0.2, 0.25) is 0 Å². The summed E-state index contributed by atoms with van der Waals surface area (Å²) in [5.41, 5.74) is 2.87. The van der Waals surface area contributed by atoms with Crippen LogP contribution in [0.4, 0.5) is 5.69 Å². The first-order valence-electron chi connectivity index (χ1n) is 6.83. The maximum absolute atomic E-state index is 8.86. The highest BCUT2D eigenvalue weighted by Crippen LogP contribution is 2.20. The number of hydrogen-bond donors (Lipinski definition) is 2. The molecule has 0 saturated heterocycles. The van der Waals surface area contributed by atoms with Gasteiger partial charge in [-0.25, -0.2) is 0 Å². The molecule has 0 aliphatic rings. The minimum Gasteiger partial charge on any atom is -0.385 e. The van der Waals surface area contributed by atoms with Crippen LogP contribution in [0.1, 0.15) is 17.5 Å². The van der Waals surface area contributed by atoms with Gasteiger partial charge < -0.3 is 10.6 Å². The number of rotatable bonds is 7. The van der Waals surface area contributed by atoms with E-state index < -0.39 is 0 Å². The zero-order chi connectivity index (χ0) is 14.9. The quantitative estimate of drug-likeness (QED) is 0.756. The third kappa shape index (κ3) is 5.18. The van der Waals surface area contributed by atoms with Crippen molar-refractivity contribution in [2.45, 2.75) is 13.0 Å². The van der Waals surface area contributed by atoms with Crippen LogP contribution in [-0.4, -0.2) is 18.1 Å². The van der Waals surface area contributed by atoms with Gasteiger partial charge in [0.25, 0.3) is 0 Å². The minimum absolute atomic E-state index is 0.652. The zero-order valence-corrected chi connectivity index (χ0v) is 13.2. The smallest absolute Gasteiger partial charge is 0.100 e. The predicted molar refractivity (Wildman–Crippen MR) is 87.9 cm³/mol. The molecule has 0 unspecified atom stereocenters. The number of hydrogen-bond acceptors (Lipinski definition) is 4. The highest BCUT2D eigenvalue weighted by Gasteiger charge is 2.00. The van der Waals surface area contributed by atoms with E-state index in [1.54, 1.807) is 6.20 Å². The summed E-state index contributed by atoms with van der Waals surface area (Å²) < 4.78 is 0.824. The van der Waals surface area contributed by atoms with Gasteiger partial charge in [0.1, 0.15) is 6.07 Å². The van der Waals surface area contributed by atoms with Gasteiger partial charge in [0.2, 0.25) is 0 Å². The number of nitrogens with zero attached hydrogens (tertiary/aromatic N) is 2. The Hall–Kier alpha value is -1.90. The molecule has 1 aromatic carbocycles. The predicted octanol–water partition coefficient (Wildman–Crippen LogP) is 3.31. The van der Waals surface area contributed by atoms with Crippen molar-refractivity contribution in [1.82, 2.24) is 10.3 Å². The lowest BCUT2D eigenvalue weighted by Crippen LogP contribution is -2.17. The summed E-state index contributed by atoms with van der Waals surface area (Å²) in [6, 6.07) is 11.8. The lowest BCUT2D eigenvalue weighted by Gasteiger charge is -2.08. The molecule has 21 heavy (non-hydrogen) atoms. The van der Waals surface area contributed by atoms with Crippen LogP contribution in [0.15, 0.2) is 47.2 Å². The second-order valence-electron chi connectivity index (χ2n) is 4.62. The van der Waals surface area contributed by atoms with Gasteiger partial charge in [-0.1, -0.05) is 6.07 Å². The van der Waals surface area contributed by atoms with E-state index >= 15 is 0 Å². The van der Waals surface area contributed by atoms with Gasteiger partial charge in [-0.2, -0.15) is 5.26 Å². The molecule has 2 N–H and O–H groups in total. The van der Waals surface area contributed by atoms with Crippen molar-refractivity contribution in [3.05, 3.63) is 58.3 Å². The second-order valence-corrected chi connectivity index (χ2v) is 5.48. The highest BCUT2D eigenvalue weighted by molar-refractivity contribution is 9.10. The van der Waals surface area contributed by atoms with Crippen molar-refractivity contribution in [1.29, 1.82) is 5.26 Å². The molecule has 0 aliphatic carbocycles. The first-order valence-corrected chi connectivity index (χ1v) is 7.62. The first-order chi connectivity index (χ1) is 10.3. The van der Waals surface area contributed by atoms with Gasteiger partial charge in [-0.15, -0.1) is 0 Å². The van der Waals surface area contributed by atoms with Crippen LogP contribution in [0.5, 0.6) is 0 Å². The van der Waals surface area contributed by atoms with Crippen molar-refractivity contribution in [2.24, 2.45) is 0 Å². The monoisotopic (exact) mass is 344 g/mol. The first kappa shape index (κ1) is 15.5. The number of halogens is 1. The van der Waals surface area contributed by atoms with Crippen LogP contribution in [-0.2, 0) is 6.54 Å². The fourth-order valence-electron chi connectivity index (χ4n) is 1.90. The Kier molecular flexibility index (Phi) is 6.20. The van der Waals surface area contributed by atoms with E-state index in [4.69, 9.17) is 5.26 Å². The number of pyridine rings is 1. The molecule has 0 atom stereocenters. The van der Waals surface area contributed by atoms with Crippen molar-refractivity contribution in [3.63, 3.8) is 0 Å². The number of benzene rings is 1. The Morgan fingerprint density at radius 1 is 1.24 bits per heavy atom. The van der Waals surface area contributed by atoms with E-state index in [1.165, 1.54) is 5.56 Å². The summed E-state index contributed by atoms with van der Waals surface area (Å²) >= 11 is 3.39. The molecule has 0 fully saturated rings. The number of nitrogens with one attached hydrogen (secondary N) is 2. The Morgan fingerprint density at radius 2 is 2.14 bits per heavy atom. The van der Waals surface area contributed by atoms with Gasteiger partial charge in [-0.05, 0) is 58.7 Å². The standard InChI is InChI=1S/C16H17BrN4/c17-16-9-15(5-4-14(16)10-18)21-8-2-7-20-12-13-3-1-6-19-11-13/h1,3-6,9,11,20-21H,2,7-8,12H2. The molecular weight excluding hydrogens is 328 g/mol. The van der Waals surface area contributed by atoms with Gasteiger partial charge in [0.15, 0.2) is 0 Å².